The Morgan fingerprint density at radius 2 is 1.48 bits per heavy atom. The molecule has 0 saturated carbocycles. The average Bonchev–Trinajstić information content (AvgIpc) is 3.10. The Bertz CT molecular complexity index is 1260. The van der Waals surface area contributed by atoms with Crippen LogP contribution in [0, 0.1) is 0 Å². The molecule has 2 nitrogen and oxygen atoms in total. The largest absolute Gasteiger partial charge is 0.324 e. The minimum Gasteiger partial charge on any atom is -0.324 e. The molecule has 0 amide bonds. The van der Waals surface area contributed by atoms with Gasteiger partial charge in [0.1, 0.15) is 5.82 Å². The molecule has 0 spiro atoms. The molecule has 4 aromatic carbocycles. The Morgan fingerprint density at radius 3 is 2.33 bits per heavy atom. The lowest BCUT2D eigenvalue weighted by molar-refractivity contribution is 0.651. The van der Waals surface area contributed by atoms with Crippen molar-refractivity contribution in [1.29, 1.82) is 0 Å². The molecule has 5 rings (SSSR count). The molecule has 0 N–H and O–H groups in total. The van der Waals surface area contributed by atoms with Crippen molar-refractivity contribution in [2.24, 2.45) is 0 Å². The van der Waals surface area contributed by atoms with Gasteiger partial charge < -0.3 is 4.57 Å². The summed E-state index contributed by atoms with van der Waals surface area (Å²) in [7, 11) is 0. The fourth-order valence-electron chi connectivity index (χ4n) is 4.06. The third-order valence-electron chi connectivity index (χ3n) is 5.40. The number of unbranched alkanes of at least 4 members (excludes halogenated alkanes) is 1. The number of para-hydroxylation sites is 2. The van der Waals surface area contributed by atoms with E-state index in [1.54, 1.807) is 0 Å². The first-order valence-corrected chi connectivity index (χ1v) is 9.73. The molecule has 1 heterocycles. The number of hydrogen-bond donors (Lipinski definition) is 0. The van der Waals surface area contributed by atoms with Gasteiger partial charge in [0.15, 0.2) is 0 Å². The fraction of sp³-hybridized carbons (Fsp3) is 0.160. The van der Waals surface area contributed by atoms with Crippen LogP contribution in [0.15, 0.2) is 78.9 Å². The van der Waals surface area contributed by atoms with Crippen LogP contribution < -0.4 is 0 Å². The van der Waals surface area contributed by atoms with Gasteiger partial charge >= 0.3 is 0 Å². The first kappa shape index (κ1) is 16.1. The summed E-state index contributed by atoms with van der Waals surface area (Å²) in [5, 5.41) is 5.12. The molecule has 0 atom stereocenters. The Balaban J connectivity index is 1.87. The van der Waals surface area contributed by atoms with Crippen molar-refractivity contribution in [2.75, 3.05) is 0 Å². The highest BCUT2D eigenvalue weighted by molar-refractivity contribution is 6.13. The molecule has 5 aromatic rings. The van der Waals surface area contributed by atoms with Gasteiger partial charge in [-0.3, -0.25) is 0 Å². The Hall–Kier alpha value is -3.13. The molecule has 0 fully saturated rings. The lowest BCUT2D eigenvalue weighted by atomic mass is 9.97. The van der Waals surface area contributed by atoms with Gasteiger partial charge in [0.05, 0.1) is 11.0 Å². The van der Waals surface area contributed by atoms with Gasteiger partial charge in [0.2, 0.25) is 0 Å². The maximum absolute atomic E-state index is 5.06. The van der Waals surface area contributed by atoms with Crippen LogP contribution in [0.2, 0.25) is 0 Å². The van der Waals surface area contributed by atoms with Crippen LogP contribution in [0.4, 0.5) is 0 Å². The lowest BCUT2D eigenvalue weighted by Crippen LogP contribution is -2.01. The van der Waals surface area contributed by atoms with Gasteiger partial charge in [0.25, 0.3) is 0 Å². The van der Waals surface area contributed by atoms with E-state index in [-0.39, 0.29) is 0 Å². The summed E-state index contributed by atoms with van der Waals surface area (Å²) in [6.07, 6.45) is 2.32. The van der Waals surface area contributed by atoms with Crippen LogP contribution in [0.5, 0.6) is 0 Å². The van der Waals surface area contributed by atoms with E-state index in [4.69, 9.17) is 4.98 Å². The minimum absolute atomic E-state index is 0.994. The second kappa shape index (κ2) is 6.55. The van der Waals surface area contributed by atoms with Crippen LogP contribution in [0.1, 0.15) is 19.8 Å². The van der Waals surface area contributed by atoms with Crippen molar-refractivity contribution in [1.82, 2.24) is 9.55 Å². The summed E-state index contributed by atoms with van der Waals surface area (Å²) in [6.45, 7) is 3.23. The number of nitrogens with zero attached hydrogens (tertiary/aromatic N) is 2. The maximum Gasteiger partial charge on any atom is 0.141 e. The number of benzene rings is 4. The van der Waals surface area contributed by atoms with Crippen LogP contribution >= 0.6 is 0 Å². The van der Waals surface area contributed by atoms with Gasteiger partial charge in [0, 0.05) is 12.1 Å². The normalized spacial score (nSPS) is 11.6. The van der Waals surface area contributed by atoms with Crippen LogP contribution in [-0.2, 0) is 6.54 Å². The van der Waals surface area contributed by atoms with Crippen LogP contribution in [0.3, 0.4) is 0 Å². The second-order valence-corrected chi connectivity index (χ2v) is 7.12. The monoisotopic (exact) mass is 350 g/mol. The number of aryl methyl sites for hydroxylation is 1. The summed E-state index contributed by atoms with van der Waals surface area (Å²) in [5.74, 6) is 1.08. The molecule has 0 aliphatic heterocycles. The molecule has 0 saturated heterocycles. The number of aromatic nitrogens is 2. The van der Waals surface area contributed by atoms with Gasteiger partial charge in [-0.1, -0.05) is 74.0 Å². The van der Waals surface area contributed by atoms with Crippen molar-refractivity contribution in [2.45, 2.75) is 26.3 Å². The van der Waals surface area contributed by atoms with Gasteiger partial charge in [-0.2, -0.15) is 0 Å². The minimum atomic E-state index is 0.994. The number of rotatable bonds is 4. The Kier molecular flexibility index (Phi) is 3.90. The molecule has 0 aliphatic carbocycles. The van der Waals surface area contributed by atoms with Crippen LogP contribution in [0.25, 0.3) is 44.0 Å². The molecule has 0 bridgehead atoms. The highest BCUT2D eigenvalue weighted by Crippen LogP contribution is 2.36. The molecular weight excluding hydrogens is 328 g/mol. The van der Waals surface area contributed by atoms with E-state index in [2.05, 4.69) is 90.4 Å². The number of imidazole rings is 1. The first-order chi connectivity index (χ1) is 13.4. The zero-order valence-corrected chi connectivity index (χ0v) is 15.5. The Morgan fingerprint density at radius 1 is 0.778 bits per heavy atom. The molecule has 27 heavy (non-hydrogen) atoms. The van der Waals surface area contributed by atoms with E-state index in [1.165, 1.54) is 39.0 Å². The maximum atomic E-state index is 5.06. The summed E-state index contributed by atoms with van der Waals surface area (Å²) in [6, 6.07) is 28.1. The molecule has 2 heteroatoms. The number of hydrogen-bond acceptors (Lipinski definition) is 1. The summed E-state index contributed by atoms with van der Waals surface area (Å²) in [5.41, 5.74) is 3.51. The Labute approximate surface area is 159 Å². The third kappa shape index (κ3) is 2.60. The van der Waals surface area contributed by atoms with E-state index in [9.17, 15) is 0 Å². The van der Waals surface area contributed by atoms with E-state index < -0.39 is 0 Å². The SMILES string of the molecule is CCCCn1c(-c2cc3ccccc3c3ccccc23)nc2ccccc21. The summed E-state index contributed by atoms with van der Waals surface area (Å²) >= 11 is 0. The molecule has 1 aromatic heterocycles. The first-order valence-electron chi connectivity index (χ1n) is 9.73. The predicted molar refractivity (Wildman–Crippen MR) is 115 cm³/mol. The van der Waals surface area contributed by atoms with Gasteiger partial charge in [-0.15, -0.1) is 0 Å². The zero-order valence-electron chi connectivity index (χ0n) is 15.5. The van der Waals surface area contributed by atoms with E-state index in [0.29, 0.717) is 0 Å². The smallest absolute Gasteiger partial charge is 0.141 e. The fourth-order valence-corrected chi connectivity index (χ4v) is 4.06. The third-order valence-corrected chi connectivity index (χ3v) is 5.40. The second-order valence-electron chi connectivity index (χ2n) is 7.12. The lowest BCUT2D eigenvalue weighted by Gasteiger charge is -2.13. The number of fused-ring (bicyclic) bond motifs is 4. The van der Waals surface area contributed by atoms with Crippen molar-refractivity contribution >= 4 is 32.6 Å². The molecule has 0 unspecified atom stereocenters. The standard InChI is InChI=1S/C25H22N2/c1-2-3-16-27-24-15-9-8-14-23(24)26-25(27)22-17-18-10-4-5-11-19(18)20-12-6-7-13-21(20)22/h4-15,17H,2-3,16H2,1H3. The molecular formula is C25H22N2. The van der Waals surface area contributed by atoms with Crippen molar-refractivity contribution in [3.05, 3.63) is 78.9 Å². The van der Waals surface area contributed by atoms with E-state index in [0.717, 1.165) is 24.3 Å². The predicted octanol–water partition coefficient (Wildman–Crippen LogP) is 6.81. The topological polar surface area (TPSA) is 17.8 Å². The molecule has 0 radical (unpaired) electrons. The van der Waals surface area contributed by atoms with E-state index >= 15 is 0 Å². The van der Waals surface area contributed by atoms with Crippen molar-refractivity contribution in [3.8, 4) is 11.4 Å². The van der Waals surface area contributed by atoms with Crippen LogP contribution in [-0.4, -0.2) is 9.55 Å². The average molecular weight is 350 g/mol. The molecule has 0 aliphatic rings. The summed E-state index contributed by atoms with van der Waals surface area (Å²) in [4.78, 5) is 5.06. The quantitative estimate of drug-likeness (QED) is 0.326. The van der Waals surface area contributed by atoms with Crippen molar-refractivity contribution < 1.29 is 0 Å². The highest BCUT2D eigenvalue weighted by Gasteiger charge is 2.16. The highest BCUT2D eigenvalue weighted by atomic mass is 15.1. The molecule has 132 valence electrons. The van der Waals surface area contributed by atoms with Gasteiger partial charge in [-0.05, 0) is 46.2 Å². The van der Waals surface area contributed by atoms with Crippen molar-refractivity contribution in [3.63, 3.8) is 0 Å². The summed E-state index contributed by atoms with van der Waals surface area (Å²) < 4.78 is 2.40. The zero-order chi connectivity index (χ0) is 18.2. The van der Waals surface area contributed by atoms with E-state index in [1.807, 2.05) is 0 Å². The van der Waals surface area contributed by atoms with Gasteiger partial charge in [-0.25, -0.2) is 4.98 Å².